The SMILES string of the molecule is CC(=O)NC[C@H]1CN(c2ccc(-c3ccc(CNC(=O)[C@H](N)CCC(N)=O)cc3)c(F)c2)C(=O)O1. The number of ether oxygens (including phenoxy) is 1. The number of carbonyl (C=O) groups is 4. The minimum atomic E-state index is -0.831. The average Bonchev–Trinajstić information content (AvgIpc) is 3.20. The first kappa shape index (κ1) is 25.6. The van der Waals surface area contributed by atoms with Crippen LogP contribution in [0.3, 0.4) is 0 Å². The van der Waals surface area contributed by atoms with E-state index < -0.39 is 35.9 Å². The first-order valence-electron chi connectivity index (χ1n) is 11.1. The number of carbonyl (C=O) groups excluding carboxylic acids is 4. The Morgan fingerprint density at radius 2 is 1.89 bits per heavy atom. The maximum absolute atomic E-state index is 14.9. The number of primary amides is 1. The third-order valence-electron chi connectivity index (χ3n) is 5.49. The predicted molar refractivity (Wildman–Crippen MR) is 126 cm³/mol. The molecule has 0 aromatic heterocycles. The molecule has 1 aliphatic rings. The van der Waals surface area contributed by atoms with Crippen molar-refractivity contribution < 1.29 is 28.3 Å². The highest BCUT2D eigenvalue weighted by Gasteiger charge is 2.32. The molecule has 35 heavy (non-hydrogen) atoms. The zero-order valence-electron chi connectivity index (χ0n) is 19.3. The number of anilines is 1. The summed E-state index contributed by atoms with van der Waals surface area (Å²) in [6.45, 7) is 1.98. The van der Waals surface area contributed by atoms with Gasteiger partial charge in [-0.3, -0.25) is 19.3 Å². The lowest BCUT2D eigenvalue weighted by Gasteiger charge is -2.15. The van der Waals surface area contributed by atoms with E-state index >= 15 is 0 Å². The highest BCUT2D eigenvalue weighted by atomic mass is 19.1. The molecule has 2 atom stereocenters. The summed E-state index contributed by atoms with van der Waals surface area (Å²) in [6, 6.07) is 10.6. The molecule has 6 N–H and O–H groups in total. The maximum Gasteiger partial charge on any atom is 0.414 e. The first-order valence-corrected chi connectivity index (χ1v) is 11.1. The van der Waals surface area contributed by atoms with Crippen LogP contribution in [-0.4, -0.2) is 49.1 Å². The summed E-state index contributed by atoms with van der Waals surface area (Å²) in [5.74, 6) is -1.65. The van der Waals surface area contributed by atoms with Gasteiger partial charge in [-0.15, -0.1) is 0 Å². The average molecular weight is 486 g/mol. The molecule has 0 aliphatic carbocycles. The van der Waals surface area contributed by atoms with E-state index in [-0.39, 0.29) is 38.4 Å². The van der Waals surface area contributed by atoms with Crippen molar-refractivity contribution in [1.82, 2.24) is 10.6 Å². The number of benzene rings is 2. The molecule has 1 saturated heterocycles. The fraction of sp³-hybridized carbons (Fsp3) is 0.333. The van der Waals surface area contributed by atoms with E-state index in [4.69, 9.17) is 16.2 Å². The first-order chi connectivity index (χ1) is 16.6. The van der Waals surface area contributed by atoms with Crippen molar-refractivity contribution in [2.45, 2.75) is 38.5 Å². The van der Waals surface area contributed by atoms with E-state index in [1.807, 2.05) is 0 Å². The molecule has 3 rings (SSSR count). The molecule has 1 heterocycles. The standard InChI is InChI=1S/C24H28FN5O5/c1-14(31)28-12-18-13-30(24(34)35-18)17-6-7-19(20(25)10-17)16-4-2-15(3-5-16)11-29-23(33)21(26)8-9-22(27)32/h2-7,10,18,21H,8-9,11-13,26H2,1H3,(H2,27,32)(H,28,31)(H,29,33)/t18-,21+/m0/s1. The molecule has 2 aromatic rings. The molecule has 0 bridgehead atoms. The summed E-state index contributed by atoms with van der Waals surface area (Å²) in [7, 11) is 0. The van der Waals surface area contributed by atoms with Gasteiger partial charge in [0.1, 0.15) is 11.9 Å². The third kappa shape index (κ3) is 7.00. The molecule has 2 aromatic carbocycles. The Balaban J connectivity index is 1.60. The molecular formula is C24H28FN5O5. The van der Waals surface area contributed by atoms with Gasteiger partial charge in [0.15, 0.2) is 0 Å². The topological polar surface area (TPSA) is 157 Å². The third-order valence-corrected chi connectivity index (χ3v) is 5.49. The van der Waals surface area contributed by atoms with Crippen molar-refractivity contribution in [2.75, 3.05) is 18.0 Å². The second kappa shape index (κ2) is 11.4. The van der Waals surface area contributed by atoms with Gasteiger partial charge < -0.3 is 26.8 Å². The van der Waals surface area contributed by atoms with Gasteiger partial charge in [-0.25, -0.2) is 9.18 Å². The van der Waals surface area contributed by atoms with Gasteiger partial charge in [-0.05, 0) is 35.7 Å². The molecule has 1 aliphatic heterocycles. The highest BCUT2D eigenvalue weighted by molar-refractivity contribution is 5.90. The largest absolute Gasteiger partial charge is 0.442 e. The zero-order valence-corrected chi connectivity index (χ0v) is 19.3. The van der Waals surface area contributed by atoms with E-state index in [0.29, 0.717) is 16.8 Å². The molecule has 186 valence electrons. The number of nitrogens with two attached hydrogens (primary N) is 2. The Hall–Kier alpha value is -3.99. The smallest absolute Gasteiger partial charge is 0.414 e. The van der Waals surface area contributed by atoms with E-state index in [0.717, 1.165) is 5.56 Å². The molecule has 0 radical (unpaired) electrons. The van der Waals surface area contributed by atoms with Crippen molar-refractivity contribution in [3.8, 4) is 11.1 Å². The van der Waals surface area contributed by atoms with Crippen molar-refractivity contribution in [2.24, 2.45) is 11.5 Å². The van der Waals surface area contributed by atoms with Crippen LogP contribution in [-0.2, 0) is 25.7 Å². The number of cyclic esters (lactones) is 1. The lowest BCUT2D eigenvalue weighted by Crippen LogP contribution is -2.40. The zero-order chi connectivity index (χ0) is 25.5. The van der Waals surface area contributed by atoms with Gasteiger partial charge in [0.25, 0.3) is 0 Å². The molecule has 0 unspecified atom stereocenters. The number of amides is 4. The number of rotatable bonds is 10. The highest BCUT2D eigenvalue weighted by Crippen LogP contribution is 2.29. The Kier molecular flexibility index (Phi) is 8.37. The van der Waals surface area contributed by atoms with Crippen molar-refractivity contribution in [3.63, 3.8) is 0 Å². The minimum Gasteiger partial charge on any atom is -0.442 e. The summed E-state index contributed by atoms with van der Waals surface area (Å²) in [5.41, 5.74) is 12.9. The second-order valence-corrected chi connectivity index (χ2v) is 8.24. The summed E-state index contributed by atoms with van der Waals surface area (Å²) in [6.07, 6.45) is -0.918. The maximum atomic E-state index is 14.9. The Morgan fingerprint density at radius 1 is 1.17 bits per heavy atom. The fourth-order valence-electron chi connectivity index (χ4n) is 3.55. The van der Waals surface area contributed by atoms with Crippen LogP contribution in [0.1, 0.15) is 25.3 Å². The molecule has 0 saturated carbocycles. The van der Waals surface area contributed by atoms with Crippen molar-refractivity contribution >= 4 is 29.5 Å². The van der Waals surface area contributed by atoms with Crippen LogP contribution in [0, 0.1) is 5.82 Å². The van der Waals surface area contributed by atoms with Crippen LogP contribution in [0.5, 0.6) is 0 Å². The molecule has 0 spiro atoms. The summed E-state index contributed by atoms with van der Waals surface area (Å²) in [5, 5.41) is 5.29. The molecule has 4 amide bonds. The molecule has 11 heteroatoms. The van der Waals surface area contributed by atoms with Crippen LogP contribution >= 0.6 is 0 Å². The number of halogens is 1. The summed E-state index contributed by atoms with van der Waals surface area (Å²) < 4.78 is 20.1. The quantitative estimate of drug-likeness (QED) is 0.396. The van der Waals surface area contributed by atoms with Crippen LogP contribution in [0.2, 0.25) is 0 Å². The van der Waals surface area contributed by atoms with Crippen molar-refractivity contribution in [1.29, 1.82) is 0 Å². The second-order valence-electron chi connectivity index (χ2n) is 8.24. The van der Waals surface area contributed by atoms with Crippen LogP contribution in [0.25, 0.3) is 11.1 Å². The van der Waals surface area contributed by atoms with E-state index in [9.17, 15) is 23.6 Å². The Labute approximate surface area is 201 Å². The van der Waals surface area contributed by atoms with Gasteiger partial charge >= 0.3 is 6.09 Å². The van der Waals surface area contributed by atoms with E-state index in [1.165, 1.54) is 17.9 Å². The lowest BCUT2D eigenvalue weighted by molar-refractivity contribution is -0.123. The van der Waals surface area contributed by atoms with Gasteiger partial charge in [0.05, 0.1) is 24.8 Å². The van der Waals surface area contributed by atoms with E-state index in [1.54, 1.807) is 36.4 Å². The number of hydrogen-bond donors (Lipinski definition) is 4. The number of nitrogens with one attached hydrogen (secondary N) is 2. The Bertz CT molecular complexity index is 1110. The van der Waals surface area contributed by atoms with Crippen LogP contribution in [0.4, 0.5) is 14.9 Å². The molecule has 1 fully saturated rings. The van der Waals surface area contributed by atoms with Crippen LogP contribution in [0.15, 0.2) is 42.5 Å². The normalized spacial score (nSPS) is 15.9. The summed E-state index contributed by atoms with van der Waals surface area (Å²) >= 11 is 0. The molecular weight excluding hydrogens is 457 g/mol. The Morgan fingerprint density at radius 3 is 2.51 bits per heavy atom. The fourth-order valence-corrected chi connectivity index (χ4v) is 3.55. The van der Waals surface area contributed by atoms with Gasteiger partial charge in [-0.2, -0.15) is 0 Å². The van der Waals surface area contributed by atoms with Gasteiger partial charge in [-0.1, -0.05) is 24.3 Å². The number of nitrogens with zero attached hydrogens (tertiary/aromatic N) is 1. The van der Waals surface area contributed by atoms with Crippen LogP contribution < -0.4 is 27.0 Å². The monoisotopic (exact) mass is 485 g/mol. The molecule has 10 nitrogen and oxygen atoms in total. The van der Waals surface area contributed by atoms with Gasteiger partial charge in [0.2, 0.25) is 17.7 Å². The predicted octanol–water partition coefficient (Wildman–Crippen LogP) is 1.16. The van der Waals surface area contributed by atoms with Gasteiger partial charge in [0, 0.05) is 25.5 Å². The number of hydrogen-bond acceptors (Lipinski definition) is 6. The van der Waals surface area contributed by atoms with E-state index in [2.05, 4.69) is 10.6 Å². The van der Waals surface area contributed by atoms with Crippen molar-refractivity contribution in [3.05, 3.63) is 53.8 Å². The summed E-state index contributed by atoms with van der Waals surface area (Å²) in [4.78, 5) is 47.4. The lowest BCUT2D eigenvalue weighted by atomic mass is 10.0. The minimum absolute atomic E-state index is 0.0320.